The van der Waals surface area contributed by atoms with Crippen LogP contribution in [0.1, 0.15) is 10.4 Å². The van der Waals surface area contributed by atoms with E-state index >= 15 is 0 Å². The Morgan fingerprint density at radius 1 is 1.23 bits per heavy atom. The first-order valence-corrected chi connectivity index (χ1v) is 7.22. The van der Waals surface area contributed by atoms with Crippen LogP contribution in [0.4, 0.5) is 0 Å². The van der Waals surface area contributed by atoms with Crippen molar-refractivity contribution in [2.75, 3.05) is 20.8 Å². The summed E-state index contributed by atoms with van der Waals surface area (Å²) in [6.07, 6.45) is -0.906. The molecule has 3 fully saturated rings. The molecule has 0 radical (unpaired) electrons. The lowest BCUT2D eigenvalue weighted by atomic mass is 10.0. The first-order chi connectivity index (χ1) is 10.7. The van der Waals surface area contributed by atoms with Crippen molar-refractivity contribution in [2.45, 2.75) is 12.4 Å². The first kappa shape index (κ1) is 13.7. The van der Waals surface area contributed by atoms with Crippen LogP contribution in [0.25, 0.3) is 0 Å². The highest BCUT2D eigenvalue weighted by molar-refractivity contribution is 6.06. The Balaban J connectivity index is 1.60. The number of rotatable bonds is 4. The molecule has 0 amide bonds. The van der Waals surface area contributed by atoms with E-state index < -0.39 is 6.29 Å². The van der Waals surface area contributed by atoms with Crippen molar-refractivity contribution >= 4 is 11.6 Å². The zero-order valence-electron chi connectivity index (χ0n) is 12.3. The molecular weight excluding hydrogens is 288 g/mol. The fourth-order valence-electron chi connectivity index (χ4n) is 3.61. The van der Waals surface area contributed by atoms with Crippen molar-refractivity contribution in [3.8, 4) is 11.5 Å². The lowest BCUT2D eigenvalue weighted by Gasteiger charge is -2.14. The molecule has 0 N–H and O–H groups in total. The van der Waals surface area contributed by atoms with E-state index in [0.29, 0.717) is 23.7 Å². The summed E-state index contributed by atoms with van der Waals surface area (Å²) in [6, 6.07) is 5.06. The molecule has 2 aliphatic heterocycles. The number of methoxy groups -OCH3 is 2. The molecule has 5 atom stereocenters. The molecule has 6 nitrogen and oxygen atoms in total. The lowest BCUT2D eigenvalue weighted by Crippen LogP contribution is -2.30. The van der Waals surface area contributed by atoms with Gasteiger partial charge in [0.05, 0.1) is 26.9 Å². The number of benzene rings is 1. The first-order valence-electron chi connectivity index (χ1n) is 7.22. The van der Waals surface area contributed by atoms with E-state index in [1.54, 1.807) is 25.3 Å². The molecule has 1 aromatic carbocycles. The summed E-state index contributed by atoms with van der Waals surface area (Å²) in [6.45, 7) is 0.396. The molecule has 0 unspecified atom stereocenters. The summed E-state index contributed by atoms with van der Waals surface area (Å²) in [5.41, 5.74) is 0.529. The Hall–Kier alpha value is -1.92. The maximum atomic E-state index is 12.7. The van der Waals surface area contributed by atoms with Crippen LogP contribution in [0.15, 0.2) is 18.2 Å². The van der Waals surface area contributed by atoms with E-state index in [0.717, 1.165) is 0 Å². The van der Waals surface area contributed by atoms with Crippen LogP contribution in [-0.4, -0.2) is 44.8 Å². The van der Waals surface area contributed by atoms with Crippen LogP contribution in [0.3, 0.4) is 0 Å². The van der Waals surface area contributed by atoms with Crippen LogP contribution in [0, 0.1) is 17.8 Å². The molecule has 116 valence electrons. The minimum absolute atomic E-state index is 0.0412. The highest BCUT2D eigenvalue weighted by atomic mass is 16.7. The van der Waals surface area contributed by atoms with Crippen molar-refractivity contribution in [2.24, 2.45) is 17.8 Å². The van der Waals surface area contributed by atoms with Crippen LogP contribution < -0.4 is 9.47 Å². The van der Waals surface area contributed by atoms with E-state index in [-0.39, 0.29) is 35.4 Å². The lowest BCUT2D eigenvalue weighted by molar-refractivity contribution is -0.153. The van der Waals surface area contributed by atoms with E-state index in [1.165, 1.54) is 7.11 Å². The minimum atomic E-state index is -0.769. The third-order valence-electron chi connectivity index (χ3n) is 4.75. The number of ketones is 2. The summed E-state index contributed by atoms with van der Waals surface area (Å²) in [5.74, 6) is 0.324. The second-order valence-corrected chi connectivity index (χ2v) is 5.81. The number of carbonyl (C=O) groups excluding carboxylic acids is 2. The van der Waals surface area contributed by atoms with Gasteiger partial charge in [-0.25, -0.2) is 0 Å². The Morgan fingerprint density at radius 2 is 2.00 bits per heavy atom. The van der Waals surface area contributed by atoms with Gasteiger partial charge < -0.3 is 18.9 Å². The molecule has 2 bridgehead atoms. The maximum Gasteiger partial charge on any atom is 0.218 e. The van der Waals surface area contributed by atoms with Gasteiger partial charge in [-0.1, -0.05) is 0 Å². The molecule has 1 saturated carbocycles. The van der Waals surface area contributed by atoms with E-state index in [2.05, 4.69) is 0 Å². The molecule has 4 rings (SSSR count). The smallest absolute Gasteiger partial charge is 0.218 e. The summed E-state index contributed by atoms with van der Waals surface area (Å²) >= 11 is 0. The fraction of sp³-hybridized carbons (Fsp3) is 0.500. The normalized spacial score (nSPS) is 35.0. The van der Waals surface area contributed by atoms with E-state index in [9.17, 15) is 9.59 Å². The van der Waals surface area contributed by atoms with Gasteiger partial charge in [0.2, 0.25) is 6.29 Å². The molecule has 1 aromatic rings. The van der Waals surface area contributed by atoms with Crippen LogP contribution in [-0.2, 0) is 14.3 Å². The summed E-state index contributed by atoms with van der Waals surface area (Å²) < 4.78 is 21.2. The molecule has 2 saturated heterocycles. The molecule has 0 aromatic heterocycles. The Bertz CT molecular complexity index is 654. The largest absolute Gasteiger partial charge is 0.493 e. The number of hydrogen-bond donors (Lipinski definition) is 0. The monoisotopic (exact) mass is 304 g/mol. The molecule has 3 aliphatic rings. The number of hydrogen-bond acceptors (Lipinski definition) is 6. The van der Waals surface area contributed by atoms with Gasteiger partial charge in [-0.2, -0.15) is 0 Å². The van der Waals surface area contributed by atoms with Gasteiger partial charge in [0.15, 0.2) is 23.1 Å². The number of Topliss-reactive ketones (excluding diaryl/α,β-unsaturated/α-hetero) is 2. The van der Waals surface area contributed by atoms with Crippen molar-refractivity contribution in [3.63, 3.8) is 0 Å². The second kappa shape index (κ2) is 4.79. The number of ether oxygens (including phenoxy) is 4. The van der Waals surface area contributed by atoms with Crippen LogP contribution in [0.2, 0.25) is 0 Å². The third-order valence-corrected chi connectivity index (χ3v) is 4.75. The minimum Gasteiger partial charge on any atom is -0.493 e. The molecular formula is C16H16O6. The van der Waals surface area contributed by atoms with E-state index in [1.807, 2.05) is 0 Å². The zero-order chi connectivity index (χ0) is 15.4. The number of carbonyl (C=O) groups is 2. The van der Waals surface area contributed by atoms with Crippen LogP contribution in [0.5, 0.6) is 11.5 Å². The van der Waals surface area contributed by atoms with Gasteiger partial charge in [0.1, 0.15) is 0 Å². The van der Waals surface area contributed by atoms with Crippen molar-refractivity contribution in [1.82, 2.24) is 0 Å². The molecule has 1 aliphatic carbocycles. The SMILES string of the molecule is COc1ccc(C(=O)[C@@H]2[C@H]3C(=O)[C@@H]4OC[C@@H](O4)[C@@H]23)cc1OC. The topological polar surface area (TPSA) is 71.1 Å². The second-order valence-electron chi connectivity index (χ2n) is 5.81. The van der Waals surface area contributed by atoms with Crippen molar-refractivity contribution in [1.29, 1.82) is 0 Å². The molecule has 0 spiro atoms. The average Bonchev–Trinajstić information content (AvgIpc) is 3.16. The van der Waals surface area contributed by atoms with Crippen molar-refractivity contribution < 1.29 is 28.5 Å². The van der Waals surface area contributed by atoms with Gasteiger partial charge in [-0.3, -0.25) is 9.59 Å². The summed E-state index contributed by atoms with van der Waals surface area (Å²) in [5, 5.41) is 0. The predicted octanol–water partition coefficient (Wildman–Crippen LogP) is 1.07. The highest BCUT2D eigenvalue weighted by Crippen LogP contribution is 2.57. The van der Waals surface area contributed by atoms with Gasteiger partial charge >= 0.3 is 0 Å². The Labute approximate surface area is 127 Å². The van der Waals surface area contributed by atoms with Crippen molar-refractivity contribution in [3.05, 3.63) is 23.8 Å². The predicted molar refractivity (Wildman–Crippen MR) is 74.0 cm³/mol. The fourth-order valence-corrected chi connectivity index (χ4v) is 3.61. The molecule has 6 heteroatoms. The number of fused-ring (bicyclic) bond motifs is 4. The zero-order valence-corrected chi connectivity index (χ0v) is 12.3. The van der Waals surface area contributed by atoms with E-state index in [4.69, 9.17) is 18.9 Å². The highest BCUT2D eigenvalue weighted by Gasteiger charge is 2.68. The van der Waals surface area contributed by atoms with Gasteiger partial charge in [-0.05, 0) is 18.2 Å². The molecule has 22 heavy (non-hydrogen) atoms. The quantitative estimate of drug-likeness (QED) is 0.775. The van der Waals surface area contributed by atoms with Gasteiger partial charge in [-0.15, -0.1) is 0 Å². The third kappa shape index (κ3) is 1.80. The summed E-state index contributed by atoms with van der Waals surface area (Å²) in [7, 11) is 3.07. The Kier molecular flexibility index (Phi) is 2.99. The van der Waals surface area contributed by atoms with Gasteiger partial charge in [0.25, 0.3) is 0 Å². The van der Waals surface area contributed by atoms with Crippen LogP contribution >= 0.6 is 0 Å². The molecule has 2 heterocycles. The maximum absolute atomic E-state index is 12.7. The van der Waals surface area contributed by atoms with Gasteiger partial charge in [0, 0.05) is 23.3 Å². The summed E-state index contributed by atoms with van der Waals surface area (Å²) in [4.78, 5) is 24.9. The average molecular weight is 304 g/mol. The Morgan fingerprint density at radius 3 is 2.73 bits per heavy atom. The standard InChI is InChI=1S/C16H16O6/c1-19-8-4-3-7(5-9(8)20-2)14(17)12-11-10-6-21-16(22-10)15(18)13(11)12/h3-5,10-13,16H,6H2,1-2H3/t10-,11+,12+,13+,16-/m1/s1.